The fourth-order valence-electron chi connectivity index (χ4n) is 3.11. The lowest BCUT2D eigenvalue weighted by Crippen LogP contribution is -2.47. The summed E-state index contributed by atoms with van der Waals surface area (Å²) in [6, 6.07) is 13.2. The van der Waals surface area contributed by atoms with Crippen molar-refractivity contribution in [1.82, 2.24) is 19.8 Å². The highest BCUT2D eigenvalue weighted by atomic mass is 35.5. The molecule has 168 valence electrons. The lowest BCUT2D eigenvalue weighted by molar-refractivity contribution is -0.117. The van der Waals surface area contributed by atoms with Gasteiger partial charge in [-0.25, -0.2) is 14.2 Å². The summed E-state index contributed by atoms with van der Waals surface area (Å²) in [4.78, 5) is 31.1. The van der Waals surface area contributed by atoms with E-state index >= 15 is 0 Å². The average Bonchev–Trinajstić information content (AvgIpc) is 3.18. The van der Waals surface area contributed by atoms with Crippen LogP contribution in [0.4, 0.5) is 15.1 Å². The van der Waals surface area contributed by atoms with E-state index in [0.717, 1.165) is 5.56 Å². The van der Waals surface area contributed by atoms with Crippen molar-refractivity contribution in [2.24, 2.45) is 0 Å². The number of benzene rings is 2. The molecule has 0 aliphatic carbocycles. The molecule has 0 saturated heterocycles. The Bertz CT molecular complexity index is 1100. The first-order valence-corrected chi connectivity index (χ1v) is 10.6. The number of amides is 3. The molecule has 0 unspecified atom stereocenters. The Morgan fingerprint density at radius 1 is 1.19 bits per heavy atom. The zero-order chi connectivity index (χ0) is 23.3. The van der Waals surface area contributed by atoms with Gasteiger partial charge in [0.1, 0.15) is 12.4 Å². The Hall–Kier alpha value is -3.39. The quantitative estimate of drug-likeness (QED) is 0.539. The molecule has 0 aliphatic rings. The van der Waals surface area contributed by atoms with Crippen molar-refractivity contribution in [1.29, 1.82) is 0 Å². The van der Waals surface area contributed by atoms with Gasteiger partial charge in [0, 0.05) is 24.3 Å². The Morgan fingerprint density at radius 2 is 1.91 bits per heavy atom. The molecule has 0 bridgehead atoms. The van der Waals surface area contributed by atoms with Crippen LogP contribution in [0.25, 0.3) is 16.9 Å². The van der Waals surface area contributed by atoms with Gasteiger partial charge in [0.25, 0.3) is 0 Å². The molecular formula is C23H25ClFN5O2. The summed E-state index contributed by atoms with van der Waals surface area (Å²) in [5.74, 6) is -0.723. The van der Waals surface area contributed by atoms with Gasteiger partial charge in [-0.05, 0) is 39.0 Å². The lowest BCUT2D eigenvalue weighted by atomic mass is 10.2. The lowest BCUT2D eigenvalue weighted by Gasteiger charge is -2.26. The maximum atomic E-state index is 13.7. The number of hydrogen-bond acceptors (Lipinski definition) is 3. The van der Waals surface area contributed by atoms with E-state index in [0.29, 0.717) is 17.9 Å². The van der Waals surface area contributed by atoms with E-state index in [1.54, 1.807) is 16.8 Å². The molecule has 0 aliphatic heterocycles. The zero-order valence-corrected chi connectivity index (χ0v) is 18.9. The Morgan fingerprint density at radius 3 is 2.53 bits per heavy atom. The monoisotopic (exact) mass is 457 g/mol. The van der Waals surface area contributed by atoms with Crippen LogP contribution in [0.5, 0.6) is 0 Å². The summed E-state index contributed by atoms with van der Waals surface area (Å²) in [6.07, 6.45) is 1.73. The molecule has 3 amide bonds. The second-order valence-electron chi connectivity index (χ2n) is 7.39. The van der Waals surface area contributed by atoms with Crippen LogP contribution in [-0.2, 0) is 4.79 Å². The number of carbonyl (C=O) groups is 2. The molecule has 2 aromatic carbocycles. The molecule has 0 radical (unpaired) electrons. The zero-order valence-electron chi connectivity index (χ0n) is 18.1. The normalized spacial score (nSPS) is 10.8. The van der Waals surface area contributed by atoms with Crippen LogP contribution in [0.3, 0.4) is 0 Å². The fraction of sp³-hybridized carbons (Fsp3) is 0.261. The van der Waals surface area contributed by atoms with Gasteiger partial charge in [-0.15, -0.1) is 0 Å². The van der Waals surface area contributed by atoms with Gasteiger partial charge in [-0.1, -0.05) is 41.9 Å². The van der Waals surface area contributed by atoms with Gasteiger partial charge in [0.2, 0.25) is 11.9 Å². The van der Waals surface area contributed by atoms with Crippen molar-refractivity contribution in [2.45, 2.75) is 26.8 Å². The van der Waals surface area contributed by atoms with E-state index in [1.807, 2.05) is 51.1 Å². The predicted octanol–water partition coefficient (Wildman–Crippen LogP) is 4.71. The number of imidazole rings is 1. The molecule has 0 saturated carbocycles. The highest BCUT2D eigenvalue weighted by Crippen LogP contribution is 2.26. The van der Waals surface area contributed by atoms with Crippen molar-refractivity contribution >= 4 is 29.5 Å². The summed E-state index contributed by atoms with van der Waals surface area (Å²) in [6.45, 7) is 5.78. The van der Waals surface area contributed by atoms with Crippen LogP contribution in [0.1, 0.15) is 20.8 Å². The summed E-state index contributed by atoms with van der Waals surface area (Å²) < 4.78 is 15.3. The number of hydrogen-bond donors (Lipinski definition) is 2. The van der Waals surface area contributed by atoms with Crippen LogP contribution < -0.4 is 10.6 Å². The van der Waals surface area contributed by atoms with Crippen LogP contribution in [0.15, 0.2) is 54.7 Å². The predicted molar refractivity (Wildman–Crippen MR) is 124 cm³/mol. The number of urea groups is 1. The number of halogens is 2. The molecule has 9 heteroatoms. The van der Waals surface area contributed by atoms with Gasteiger partial charge in [0.05, 0.1) is 16.4 Å². The van der Waals surface area contributed by atoms with Crippen molar-refractivity contribution in [3.63, 3.8) is 0 Å². The number of anilines is 1. The van der Waals surface area contributed by atoms with E-state index in [9.17, 15) is 14.0 Å². The SMILES string of the molecule is CCNC(=O)N(CC(=O)Nc1nc(-c2ccccc2)cn1-c1ccc(F)c(Cl)c1)C(C)C. The summed E-state index contributed by atoms with van der Waals surface area (Å²) in [7, 11) is 0. The van der Waals surface area contributed by atoms with E-state index < -0.39 is 11.7 Å². The molecule has 7 nitrogen and oxygen atoms in total. The molecule has 2 N–H and O–H groups in total. The third kappa shape index (κ3) is 5.45. The third-order valence-electron chi connectivity index (χ3n) is 4.73. The number of rotatable bonds is 7. The number of aromatic nitrogens is 2. The molecule has 32 heavy (non-hydrogen) atoms. The van der Waals surface area contributed by atoms with E-state index in [2.05, 4.69) is 15.6 Å². The first-order chi connectivity index (χ1) is 15.3. The van der Waals surface area contributed by atoms with Gasteiger partial charge < -0.3 is 10.2 Å². The van der Waals surface area contributed by atoms with Crippen LogP contribution in [0.2, 0.25) is 5.02 Å². The largest absolute Gasteiger partial charge is 0.338 e. The van der Waals surface area contributed by atoms with Gasteiger partial charge in [-0.2, -0.15) is 0 Å². The van der Waals surface area contributed by atoms with Crippen molar-refractivity contribution in [2.75, 3.05) is 18.4 Å². The minimum absolute atomic E-state index is 0.0445. The highest BCUT2D eigenvalue weighted by molar-refractivity contribution is 6.30. The Kier molecular flexibility index (Phi) is 7.48. The second-order valence-corrected chi connectivity index (χ2v) is 7.80. The van der Waals surface area contributed by atoms with Crippen LogP contribution in [0, 0.1) is 5.82 Å². The molecule has 1 heterocycles. The molecule has 0 spiro atoms. The maximum Gasteiger partial charge on any atom is 0.318 e. The highest BCUT2D eigenvalue weighted by Gasteiger charge is 2.21. The number of carbonyl (C=O) groups excluding carboxylic acids is 2. The molecule has 3 rings (SSSR count). The van der Waals surface area contributed by atoms with Crippen molar-refractivity contribution in [3.05, 3.63) is 65.6 Å². The van der Waals surface area contributed by atoms with Crippen molar-refractivity contribution < 1.29 is 14.0 Å². The Labute approximate surface area is 191 Å². The van der Waals surface area contributed by atoms with E-state index in [1.165, 1.54) is 17.0 Å². The average molecular weight is 458 g/mol. The second kappa shape index (κ2) is 10.3. The molecule has 0 fully saturated rings. The third-order valence-corrected chi connectivity index (χ3v) is 5.02. The molecule has 1 aromatic heterocycles. The standard InChI is InChI=1S/C23H25ClFN5O2/c1-4-26-23(32)29(15(2)3)14-21(31)28-22-27-20(16-8-6-5-7-9-16)13-30(22)17-10-11-19(25)18(24)12-17/h5-13,15H,4,14H2,1-3H3,(H,26,32)(H,27,28,31). The number of nitrogens with one attached hydrogen (secondary N) is 2. The summed E-state index contributed by atoms with van der Waals surface area (Å²) >= 11 is 5.97. The van der Waals surface area contributed by atoms with Crippen LogP contribution in [-0.4, -0.2) is 45.5 Å². The van der Waals surface area contributed by atoms with Crippen LogP contribution >= 0.6 is 11.6 Å². The minimum atomic E-state index is -0.543. The van der Waals surface area contributed by atoms with Gasteiger partial charge >= 0.3 is 6.03 Å². The Balaban J connectivity index is 1.93. The van der Waals surface area contributed by atoms with Crippen molar-refractivity contribution in [3.8, 4) is 16.9 Å². The summed E-state index contributed by atoms with van der Waals surface area (Å²) in [5.41, 5.74) is 2.00. The van der Waals surface area contributed by atoms with Gasteiger partial charge in [-0.3, -0.25) is 14.7 Å². The first-order valence-electron chi connectivity index (χ1n) is 10.2. The number of nitrogens with zero attached hydrogens (tertiary/aromatic N) is 3. The fourth-order valence-corrected chi connectivity index (χ4v) is 3.28. The minimum Gasteiger partial charge on any atom is -0.338 e. The molecular weight excluding hydrogens is 433 g/mol. The molecule has 0 atom stereocenters. The van der Waals surface area contributed by atoms with E-state index in [-0.39, 0.29) is 29.6 Å². The van der Waals surface area contributed by atoms with E-state index in [4.69, 9.17) is 11.6 Å². The molecule has 3 aromatic rings. The first kappa shape index (κ1) is 23.3. The smallest absolute Gasteiger partial charge is 0.318 e. The maximum absolute atomic E-state index is 13.7. The summed E-state index contributed by atoms with van der Waals surface area (Å²) in [5, 5.41) is 5.43. The van der Waals surface area contributed by atoms with Gasteiger partial charge in [0.15, 0.2) is 0 Å². The topological polar surface area (TPSA) is 79.3 Å².